The normalized spacial score (nSPS) is 16.4. The van der Waals surface area contributed by atoms with Crippen LogP contribution < -0.4 is 5.32 Å². The van der Waals surface area contributed by atoms with Crippen LogP contribution in [0.25, 0.3) is 0 Å². The average molecular weight is 353 g/mol. The van der Waals surface area contributed by atoms with Crippen molar-refractivity contribution in [1.82, 2.24) is 15.2 Å². The fourth-order valence-corrected chi connectivity index (χ4v) is 2.81. The lowest BCUT2D eigenvalue weighted by molar-refractivity contribution is -0.121. The van der Waals surface area contributed by atoms with Gasteiger partial charge in [-0.15, -0.1) is 0 Å². The van der Waals surface area contributed by atoms with Gasteiger partial charge in [-0.2, -0.15) is 0 Å². The monoisotopic (exact) mass is 353 g/mol. The van der Waals surface area contributed by atoms with Gasteiger partial charge in [-0.3, -0.25) is 9.69 Å². The van der Waals surface area contributed by atoms with E-state index in [2.05, 4.69) is 15.2 Å². The summed E-state index contributed by atoms with van der Waals surface area (Å²) in [6.45, 7) is 7.39. The second-order valence-electron chi connectivity index (χ2n) is 6.09. The third kappa shape index (κ3) is 5.84. The third-order valence-corrected chi connectivity index (χ3v) is 4.08. The van der Waals surface area contributed by atoms with E-state index in [1.165, 1.54) is 0 Å². The van der Waals surface area contributed by atoms with Gasteiger partial charge in [-0.1, -0.05) is 0 Å². The summed E-state index contributed by atoms with van der Waals surface area (Å²) in [5.74, 6) is -0.690. The first-order valence-electron chi connectivity index (χ1n) is 8.60. The number of amides is 1. The Morgan fingerprint density at radius 3 is 2.84 bits per heavy atom. The van der Waals surface area contributed by atoms with Gasteiger partial charge in [0.2, 0.25) is 5.91 Å². The molecule has 1 saturated heterocycles. The maximum atomic E-state index is 12.1. The SMILES string of the molecule is CCOC(=O)c1c(C)c[nH]c1CC(=O)NCC(O)CN1CCOCC1. The first kappa shape index (κ1) is 19.4. The molecular formula is C17H27N3O5. The molecule has 8 heteroatoms. The smallest absolute Gasteiger partial charge is 0.340 e. The summed E-state index contributed by atoms with van der Waals surface area (Å²) in [5, 5.41) is 12.8. The molecule has 1 aromatic heterocycles. The molecule has 2 heterocycles. The van der Waals surface area contributed by atoms with Crippen LogP contribution >= 0.6 is 0 Å². The summed E-state index contributed by atoms with van der Waals surface area (Å²) >= 11 is 0. The third-order valence-electron chi connectivity index (χ3n) is 4.08. The first-order chi connectivity index (χ1) is 12.0. The minimum atomic E-state index is -0.642. The van der Waals surface area contributed by atoms with Gasteiger partial charge in [0.1, 0.15) is 0 Å². The van der Waals surface area contributed by atoms with Crippen LogP contribution in [0.1, 0.15) is 28.5 Å². The van der Waals surface area contributed by atoms with Crippen molar-refractivity contribution in [3.63, 3.8) is 0 Å². The molecule has 0 bridgehead atoms. The summed E-state index contributed by atoms with van der Waals surface area (Å²) in [5.41, 5.74) is 1.68. The summed E-state index contributed by atoms with van der Waals surface area (Å²) in [6.07, 6.45) is 1.07. The Kier molecular flexibility index (Phi) is 7.42. The number of aryl methyl sites for hydroxylation is 1. The van der Waals surface area contributed by atoms with Crippen LogP contribution in [0.4, 0.5) is 0 Å². The molecule has 0 saturated carbocycles. The number of H-pyrrole nitrogens is 1. The second kappa shape index (κ2) is 9.55. The summed E-state index contributed by atoms with van der Waals surface area (Å²) in [4.78, 5) is 29.2. The highest BCUT2D eigenvalue weighted by atomic mass is 16.5. The molecule has 1 atom stereocenters. The molecule has 8 nitrogen and oxygen atoms in total. The van der Waals surface area contributed by atoms with Gasteiger partial charge < -0.3 is 24.9 Å². The summed E-state index contributed by atoms with van der Waals surface area (Å²) < 4.78 is 10.3. The Balaban J connectivity index is 1.81. The lowest BCUT2D eigenvalue weighted by Crippen LogP contribution is -2.44. The van der Waals surface area contributed by atoms with Gasteiger partial charge in [0, 0.05) is 38.1 Å². The highest BCUT2D eigenvalue weighted by molar-refractivity contribution is 5.94. The molecule has 0 aliphatic carbocycles. The average Bonchev–Trinajstić information content (AvgIpc) is 2.94. The molecule has 25 heavy (non-hydrogen) atoms. The van der Waals surface area contributed by atoms with Crippen LogP contribution in [0.5, 0.6) is 0 Å². The van der Waals surface area contributed by atoms with Gasteiger partial charge in [0.15, 0.2) is 0 Å². The molecule has 1 fully saturated rings. The van der Waals surface area contributed by atoms with E-state index in [0.717, 1.165) is 18.7 Å². The Bertz CT molecular complexity index is 581. The Labute approximate surface area is 147 Å². The zero-order valence-corrected chi connectivity index (χ0v) is 14.8. The van der Waals surface area contributed by atoms with E-state index in [1.54, 1.807) is 20.0 Å². The van der Waals surface area contributed by atoms with Crippen molar-refractivity contribution >= 4 is 11.9 Å². The zero-order chi connectivity index (χ0) is 18.2. The zero-order valence-electron chi connectivity index (χ0n) is 14.8. The number of hydrogen-bond acceptors (Lipinski definition) is 6. The number of aromatic amines is 1. The Morgan fingerprint density at radius 1 is 1.44 bits per heavy atom. The quantitative estimate of drug-likeness (QED) is 0.562. The van der Waals surface area contributed by atoms with Crippen LogP contribution in [0.3, 0.4) is 0 Å². The van der Waals surface area contributed by atoms with E-state index in [4.69, 9.17) is 9.47 Å². The van der Waals surface area contributed by atoms with Crippen LogP contribution in [0.2, 0.25) is 0 Å². The molecular weight excluding hydrogens is 326 g/mol. The van der Waals surface area contributed by atoms with E-state index in [-0.39, 0.29) is 25.5 Å². The fourth-order valence-electron chi connectivity index (χ4n) is 2.81. The maximum absolute atomic E-state index is 12.1. The van der Waals surface area contributed by atoms with E-state index in [9.17, 15) is 14.7 Å². The van der Waals surface area contributed by atoms with Crippen LogP contribution in [-0.2, 0) is 20.7 Å². The molecule has 140 valence electrons. The van der Waals surface area contributed by atoms with E-state index in [1.807, 2.05) is 0 Å². The van der Waals surface area contributed by atoms with Crippen LogP contribution in [0, 0.1) is 6.92 Å². The van der Waals surface area contributed by atoms with Crippen molar-refractivity contribution in [3.05, 3.63) is 23.0 Å². The number of β-amino-alcohol motifs (C(OH)–C–C–N with tert-alkyl or cyclic N) is 1. The predicted octanol–water partition coefficient (Wildman–Crippen LogP) is -0.148. The largest absolute Gasteiger partial charge is 0.462 e. The van der Waals surface area contributed by atoms with Crippen LogP contribution in [-0.4, -0.2) is 79.0 Å². The number of ether oxygens (including phenoxy) is 2. The number of rotatable bonds is 8. The maximum Gasteiger partial charge on any atom is 0.340 e. The molecule has 2 rings (SSSR count). The van der Waals surface area contributed by atoms with Gasteiger partial charge in [-0.05, 0) is 19.4 Å². The van der Waals surface area contributed by atoms with Crippen molar-refractivity contribution in [2.75, 3.05) is 46.0 Å². The Morgan fingerprint density at radius 2 is 2.16 bits per heavy atom. The minimum Gasteiger partial charge on any atom is -0.462 e. The van der Waals surface area contributed by atoms with Crippen LogP contribution in [0.15, 0.2) is 6.20 Å². The molecule has 1 unspecified atom stereocenters. The molecule has 0 spiro atoms. The molecule has 1 aliphatic rings. The van der Waals surface area contributed by atoms with Gasteiger partial charge in [-0.25, -0.2) is 4.79 Å². The molecule has 3 N–H and O–H groups in total. The summed E-state index contributed by atoms with van der Waals surface area (Å²) in [6, 6.07) is 0. The second-order valence-corrected chi connectivity index (χ2v) is 6.09. The Hall–Kier alpha value is -1.90. The van der Waals surface area contributed by atoms with Crippen molar-refractivity contribution < 1.29 is 24.2 Å². The van der Waals surface area contributed by atoms with Gasteiger partial charge in [0.05, 0.1) is 37.9 Å². The first-order valence-corrected chi connectivity index (χ1v) is 8.60. The molecule has 1 aromatic rings. The molecule has 1 amide bonds. The number of nitrogens with zero attached hydrogens (tertiary/aromatic N) is 1. The lowest BCUT2D eigenvalue weighted by Gasteiger charge is -2.28. The van der Waals surface area contributed by atoms with E-state index >= 15 is 0 Å². The van der Waals surface area contributed by atoms with Crippen molar-refractivity contribution in [2.24, 2.45) is 0 Å². The number of aromatic nitrogens is 1. The number of aliphatic hydroxyl groups is 1. The summed E-state index contributed by atoms with van der Waals surface area (Å²) in [7, 11) is 0. The van der Waals surface area contributed by atoms with Gasteiger partial charge >= 0.3 is 5.97 Å². The highest BCUT2D eigenvalue weighted by Gasteiger charge is 2.20. The number of morpholine rings is 1. The number of carbonyl (C=O) groups is 2. The van der Waals surface area contributed by atoms with Crippen molar-refractivity contribution in [1.29, 1.82) is 0 Å². The highest BCUT2D eigenvalue weighted by Crippen LogP contribution is 2.15. The number of carbonyl (C=O) groups excluding carboxylic acids is 2. The topological polar surface area (TPSA) is 104 Å². The van der Waals surface area contributed by atoms with E-state index < -0.39 is 12.1 Å². The standard InChI is InChI=1S/C17H27N3O5/c1-3-25-17(23)16-12(2)9-18-14(16)8-15(22)19-10-13(21)11-20-4-6-24-7-5-20/h9,13,18,21H,3-8,10-11H2,1-2H3,(H,19,22). The van der Waals surface area contributed by atoms with Gasteiger partial charge in [0.25, 0.3) is 0 Å². The predicted molar refractivity (Wildman–Crippen MR) is 91.5 cm³/mol. The molecule has 1 aliphatic heterocycles. The number of esters is 1. The van der Waals surface area contributed by atoms with E-state index in [0.29, 0.717) is 31.0 Å². The number of nitrogens with one attached hydrogen (secondary N) is 2. The fraction of sp³-hybridized carbons (Fsp3) is 0.647. The minimum absolute atomic E-state index is 0.0340. The lowest BCUT2D eigenvalue weighted by atomic mass is 10.1. The number of hydrogen-bond donors (Lipinski definition) is 3. The number of aliphatic hydroxyl groups excluding tert-OH is 1. The molecule has 0 radical (unpaired) electrons. The van der Waals surface area contributed by atoms with Crippen molar-refractivity contribution in [2.45, 2.75) is 26.4 Å². The molecule has 0 aromatic carbocycles. The van der Waals surface area contributed by atoms with Crippen molar-refractivity contribution in [3.8, 4) is 0 Å².